The van der Waals surface area contributed by atoms with E-state index in [4.69, 9.17) is 0 Å². The van der Waals surface area contributed by atoms with E-state index in [1.165, 1.54) is 0 Å². The van der Waals surface area contributed by atoms with Gasteiger partial charge in [0.05, 0.1) is 12.1 Å². The summed E-state index contributed by atoms with van der Waals surface area (Å²) in [5.41, 5.74) is 5.60. The molecule has 6 nitrogen and oxygen atoms in total. The van der Waals surface area contributed by atoms with Crippen molar-refractivity contribution in [2.24, 2.45) is 4.99 Å². The van der Waals surface area contributed by atoms with E-state index >= 15 is 0 Å². The number of anilines is 1. The smallest absolute Gasteiger partial charge is 0.230 e. The van der Waals surface area contributed by atoms with Crippen molar-refractivity contribution in [3.8, 4) is 11.3 Å². The second-order valence-electron chi connectivity index (χ2n) is 6.75. The molecule has 3 aromatic rings. The maximum atomic E-state index is 12.4. The minimum atomic E-state index is -0.143. The largest absolute Gasteiger partial charge is 0.310 e. The molecule has 0 saturated carbocycles. The molecule has 0 radical (unpaired) electrons. The number of nitrogens with zero attached hydrogens (tertiary/aromatic N) is 4. The SMILES string of the molecule is C=C/C=N\C=C\c1ccc(NC(=O)Cc2cnc(-c3ccnc(C)c3)c(C)c2)nc1. The number of carbonyl (C=O) groups is 1. The number of amides is 1. The second-order valence-corrected chi connectivity index (χ2v) is 6.75. The van der Waals surface area contributed by atoms with Crippen molar-refractivity contribution < 1.29 is 4.79 Å². The zero-order valence-corrected chi connectivity index (χ0v) is 17.0. The Labute approximate surface area is 176 Å². The molecule has 0 spiro atoms. The van der Waals surface area contributed by atoms with Gasteiger partial charge in [0, 0.05) is 42.3 Å². The zero-order valence-electron chi connectivity index (χ0n) is 17.0. The summed E-state index contributed by atoms with van der Waals surface area (Å²) in [6.07, 6.45) is 12.1. The Balaban J connectivity index is 1.62. The summed E-state index contributed by atoms with van der Waals surface area (Å²) in [5.74, 6) is 0.357. The van der Waals surface area contributed by atoms with Gasteiger partial charge in [0.15, 0.2) is 0 Å². The number of aliphatic imine (C=N–C) groups is 1. The molecule has 0 bridgehead atoms. The van der Waals surface area contributed by atoms with Crippen LogP contribution in [0.25, 0.3) is 17.3 Å². The van der Waals surface area contributed by atoms with E-state index in [-0.39, 0.29) is 12.3 Å². The monoisotopic (exact) mass is 397 g/mol. The van der Waals surface area contributed by atoms with Gasteiger partial charge in [-0.1, -0.05) is 18.7 Å². The highest BCUT2D eigenvalue weighted by Crippen LogP contribution is 2.22. The van der Waals surface area contributed by atoms with Gasteiger partial charge in [0.2, 0.25) is 5.91 Å². The molecular formula is C24H23N5O. The normalized spacial score (nSPS) is 11.1. The Morgan fingerprint density at radius 1 is 1.13 bits per heavy atom. The first-order chi connectivity index (χ1) is 14.5. The lowest BCUT2D eigenvalue weighted by atomic mass is 10.0. The topological polar surface area (TPSA) is 80.1 Å². The average Bonchev–Trinajstić information content (AvgIpc) is 2.72. The first-order valence-corrected chi connectivity index (χ1v) is 9.50. The van der Waals surface area contributed by atoms with Crippen molar-refractivity contribution in [3.63, 3.8) is 0 Å². The summed E-state index contributed by atoms with van der Waals surface area (Å²) < 4.78 is 0. The molecule has 0 aromatic carbocycles. The fourth-order valence-electron chi connectivity index (χ4n) is 2.91. The summed E-state index contributed by atoms with van der Waals surface area (Å²) in [4.78, 5) is 29.4. The molecule has 1 amide bonds. The van der Waals surface area contributed by atoms with E-state index in [9.17, 15) is 4.79 Å². The maximum Gasteiger partial charge on any atom is 0.230 e. The van der Waals surface area contributed by atoms with Crippen LogP contribution < -0.4 is 5.32 Å². The Kier molecular flexibility index (Phi) is 6.95. The fourth-order valence-corrected chi connectivity index (χ4v) is 2.91. The van der Waals surface area contributed by atoms with Crippen LogP contribution in [0.15, 0.2) is 72.8 Å². The van der Waals surface area contributed by atoms with Gasteiger partial charge in [-0.2, -0.15) is 0 Å². The third-order valence-corrected chi connectivity index (χ3v) is 4.27. The van der Waals surface area contributed by atoms with Crippen molar-refractivity contribution in [1.82, 2.24) is 15.0 Å². The Morgan fingerprint density at radius 2 is 2.00 bits per heavy atom. The number of carbonyl (C=O) groups excluding carboxylic acids is 1. The van der Waals surface area contributed by atoms with E-state index in [0.29, 0.717) is 5.82 Å². The van der Waals surface area contributed by atoms with Crippen LogP contribution in [-0.4, -0.2) is 27.1 Å². The van der Waals surface area contributed by atoms with Crippen molar-refractivity contribution >= 4 is 24.0 Å². The van der Waals surface area contributed by atoms with Crippen LogP contribution in [0.2, 0.25) is 0 Å². The lowest BCUT2D eigenvalue weighted by Gasteiger charge is -2.09. The third kappa shape index (κ3) is 5.78. The summed E-state index contributed by atoms with van der Waals surface area (Å²) in [5, 5.41) is 2.81. The van der Waals surface area contributed by atoms with Crippen molar-refractivity contribution in [3.05, 3.63) is 90.2 Å². The van der Waals surface area contributed by atoms with Gasteiger partial charge in [-0.3, -0.25) is 19.8 Å². The number of aromatic nitrogens is 3. The van der Waals surface area contributed by atoms with Crippen LogP contribution in [0.4, 0.5) is 5.82 Å². The molecule has 0 unspecified atom stereocenters. The molecular weight excluding hydrogens is 374 g/mol. The number of allylic oxidation sites excluding steroid dienone is 1. The Morgan fingerprint density at radius 3 is 2.70 bits per heavy atom. The van der Waals surface area contributed by atoms with Gasteiger partial charge in [-0.15, -0.1) is 0 Å². The second kappa shape index (κ2) is 10.0. The van der Waals surface area contributed by atoms with Gasteiger partial charge >= 0.3 is 0 Å². The van der Waals surface area contributed by atoms with E-state index in [2.05, 4.69) is 31.8 Å². The van der Waals surface area contributed by atoms with E-state index in [0.717, 1.165) is 33.6 Å². The first-order valence-electron chi connectivity index (χ1n) is 9.50. The number of pyridine rings is 3. The highest BCUT2D eigenvalue weighted by molar-refractivity contribution is 5.91. The van der Waals surface area contributed by atoms with Crippen molar-refractivity contribution in [2.75, 3.05) is 5.32 Å². The molecule has 0 aliphatic rings. The van der Waals surface area contributed by atoms with E-state index in [1.807, 2.05) is 44.2 Å². The maximum absolute atomic E-state index is 12.4. The predicted octanol–water partition coefficient (Wildman–Crippen LogP) is 4.56. The molecule has 6 heteroatoms. The number of nitrogens with one attached hydrogen (secondary N) is 1. The quantitative estimate of drug-likeness (QED) is 0.593. The van der Waals surface area contributed by atoms with Crippen LogP contribution in [-0.2, 0) is 11.2 Å². The van der Waals surface area contributed by atoms with Crippen LogP contribution in [0.5, 0.6) is 0 Å². The minimum Gasteiger partial charge on any atom is -0.310 e. The van der Waals surface area contributed by atoms with Gasteiger partial charge in [-0.25, -0.2) is 4.98 Å². The zero-order chi connectivity index (χ0) is 21.3. The van der Waals surface area contributed by atoms with E-state index < -0.39 is 0 Å². The van der Waals surface area contributed by atoms with Gasteiger partial charge in [0.1, 0.15) is 5.82 Å². The lowest BCUT2D eigenvalue weighted by Crippen LogP contribution is -2.15. The van der Waals surface area contributed by atoms with Crippen LogP contribution in [0.3, 0.4) is 0 Å². The molecule has 0 fully saturated rings. The third-order valence-electron chi connectivity index (χ3n) is 4.27. The molecule has 0 aliphatic heterocycles. The lowest BCUT2D eigenvalue weighted by molar-refractivity contribution is -0.115. The average molecular weight is 397 g/mol. The molecule has 150 valence electrons. The number of aryl methyl sites for hydroxylation is 2. The van der Waals surface area contributed by atoms with Crippen LogP contribution >= 0.6 is 0 Å². The summed E-state index contributed by atoms with van der Waals surface area (Å²) >= 11 is 0. The number of hydrogen-bond acceptors (Lipinski definition) is 5. The van der Waals surface area contributed by atoms with Gasteiger partial charge in [0.25, 0.3) is 0 Å². The first kappa shape index (κ1) is 20.8. The Hall–Kier alpha value is -3.93. The summed E-state index contributed by atoms with van der Waals surface area (Å²) in [6, 6.07) is 9.54. The molecule has 3 rings (SSSR count). The molecule has 0 atom stereocenters. The molecule has 30 heavy (non-hydrogen) atoms. The molecule has 0 saturated heterocycles. The van der Waals surface area contributed by atoms with E-state index in [1.54, 1.807) is 43.1 Å². The number of rotatable bonds is 7. The Bertz CT molecular complexity index is 1100. The highest BCUT2D eigenvalue weighted by atomic mass is 16.1. The standard InChI is InChI=1S/C24H23N5O/c1-4-9-25-10-7-19-5-6-22(27-15-19)29-23(30)14-20-12-17(2)24(28-16-20)21-8-11-26-18(3)13-21/h4-13,15-16H,1,14H2,2-3H3,(H,27,29,30)/b10-7+,25-9-. The highest BCUT2D eigenvalue weighted by Gasteiger charge is 2.09. The molecule has 0 aliphatic carbocycles. The van der Waals surface area contributed by atoms with Crippen molar-refractivity contribution in [1.29, 1.82) is 0 Å². The summed E-state index contributed by atoms with van der Waals surface area (Å²) in [7, 11) is 0. The number of hydrogen-bond donors (Lipinski definition) is 1. The molecule has 3 aromatic heterocycles. The van der Waals surface area contributed by atoms with Gasteiger partial charge in [-0.05, 0) is 60.9 Å². The molecule has 3 heterocycles. The van der Waals surface area contributed by atoms with Crippen LogP contribution in [0.1, 0.15) is 22.4 Å². The molecule has 1 N–H and O–H groups in total. The predicted molar refractivity (Wildman–Crippen MR) is 121 cm³/mol. The fraction of sp³-hybridized carbons (Fsp3) is 0.125. The summed E-state index contributed by atoms with van der Waals surface area (Å²) in [6.45, 7) is 7.50. The van der Waals surface area contributed by atoms with Gasteiger partial charge < -0.3 is 5.32 Å². The van der Waals surface area contributed by atoms with Crippen molar-refractivity contribution in [2.45, 2.75) is 20.3 Å². The van der Waals surface area contributed by atoms with Crippen LogP contribution in [0, 0.1) is 13.8 Å². The minimum absolute atomic E-state index is 0.143.